The lowest BCUT2D eigenvalue weighted by molar-refractivity contribution is 0.112. The molecule has 0 saturated heterocycles. The summed E-state index contributed by atoms with van der Waals surface area (Å²) in [6, 6.07) is 7.57. The predicted molar refractivity (Wildman–Crippen MR) is 70.3 cm³/mol. The maximum atomic E-state index is 10.6. The van der Waals surface area contributed by atoms with E-state index in [4.69, 9.17) is 10.8 Å². The van der Waals surface area contributed by atoms with E-state index in [9.17, 15) is 4.79 Å². The zero-order chi connectivity index (χ0) is 12.3. The SMILES string of the molecule is Nc1c(CCO)cccc1-c1cc(C=O)cs1. The first-order chi connectivity index (χ1) is 8.26. The summed E-state index contributed by atoms with van der Waals surface area (Å²) >= 11 is 1.49. The van der Waals surface area contributed by atoms with Gasteiger partial charge < -0.3 is 10.8 Å². The van der Waals surface area contributed by atoms with Crippen molar-refractivity contribution < 1.29 is 9.90 Å². The van der Waals surface area contributed by atoms with E-state index in [1.165, 1.54) is 11.3 Å². The van der Waals surface area contributed by atoms with Gasteiger partial charge in [-0.1, -0.05) is 18.2 Å². The van der Waals surface area contributed by atoms with Crippen LogP contribution in [-0.4, -0.2) is 18.0 Å². The molecule has 3 N–H and O–H groups in total. The Kier molecular flexibility index (Phi) is 3.56. The molecule has 0 aliphatic carbocycles. The molecular weight excluding hydrogens is 234 g/mol. The van der Waals surface area contributed by atoms with Gasteiger partial charge in [0.25, 0.3) is 0 Å². The number of benzene rings is 1. The van der Waals surface area contributed by atoms with E-state index in [0.29, 0.717) is 17.7 Å². The van der Waals surface area contributed by atoms with Crippen LogP contribution < -0.4 is 5.73 Å². The standard InChI is InChI=1S/C13H13NO2S/c14-13-10(4-5-15)2-1-3-11(13)12-6-9(7-16)8-17-12/h1-3,6-8,15H,4-5,14H2. The molecule has 1 heterocycles. The lowest BCUT2D eigenvalue weighted by Crippen LogP contribution is -1.99. The number of hydrogen-bond donors (Lipinski definition) is 2. The molecule has 1 aromatic heterocycles. The number of thiophene rings is 1. The third-order valence-electron chi connectivity index (χ3n) is 2.60. The molecule has 4 heteroatoms. The smallest absolute Gasteiger partial charge is 0.150 e. The molecule has 2 rings (SSSR count). The van der Waals surface area contributed by atoms with Gasteiger partial charge in [-0.2, -0.15) is 0 Å². The summed E-state index contributed by atoms with van der Waals surface area (Å²) in [5.74, 6) is 0. The first-order valence-corrected chi connectivity index (χ1v) is 6.16. The van der Waals surface area contributed by atoms with Gasteiger partial charge in [-0.25, -0.2) is 0 Å². The van der Waals surface area contributed by atoms with Gasteiger partial charge in [0.15, 0.2) is 6.29 Å². The minimum absolute atomic E-state index is 0.0810. The average molecular weight is 247 g/mol. The Hall–Kier alpha value is -1.65. The molecule has 0 atom stereocenters. The summed E-state index contributed by atoms with van der Waals surface area (Å²) in [5, 5.41) is 10.8. The number of anilines is 1. The fourth-order valence-electron chi connectivity index (χ4n) is 1.72. The molecule has 88 valence electrons. The van der Waals surface area contributed by atoms with Crippen molar-refractivity contribution in [3.8, 4) is 10.4 Å². The number of carbonyl (C=O) groups is 1. The van der Waals surface area contributed by atoms with Crippen LogP contribution in [-0.2, 0) is 6.42 Å². The van der Waals surface area contributed by atoms with Gasteiger partial charge >= 0.3 is 0 Å². The van der Waals surface area contributed by atoms with Crippen LogP contribution in [0.4, 0.5) is 5.69 Å². The quantitative estimate of drug-likeness (QED) is 0.644. The number of carbonyl (C=O) groups excluding carboxylic acids is 1. The largest absolute Gasteiger partial charge is 0.398 e. The maximum absolute atomic E-state index is 10.6. The summed E-state index contributed by atoms with van der Waals surface area (Å²) < 4.78 is 0. The van der Waals surface area contributed by atoms with Gasteiger partial charge in [-0.05, 0) is 18.1 Å². The molecule has 0 aliphatic heterocycles. The van der Waals surface area contributed by atoms with Crippen molar-refractivity contribution in [3.63, 3.8) is 0 Å². The fraction of sp³-hybridized carbons (Fsp3) is 0.154. The van der Waals surface area contributed by atoms with Gasteiger partial charge in [0.05, 0.1) is 0 Å². The Morgan fingerprint density at radius 1 is 1.41 bits per heavy atom. The van der Waals surface area contributed by atoms with Crippen molar-refractivity contribution in [2.45, 2.75) is 6.42 Å². The number of rotatable bonds is 4. The number of nitrogens with two attached hydrogens (primary N) is 1. The third-order valence-corrected chi connectivity index (χ3v) is 3.58. The van der Waals surface area contributed by atoms with Gasteiger partial charge in [0, 0.05) is 33.7 Å². The number of hydrogen-bond acceptors (Lipinski definition) is 4. The van der Waals surface area contributed by atoms with E-state index in [1.807, 2.05) is 24.3 Å². The highest BCUT2D eigenvalue weighted by molar-refractivity contribution is 7.13. The highest BCUT2D eigenvalue weighted by Crippen LogP contribution is 2.33. The molecule has 0 unspecified atom stereocenters. The topological polar surface area (TPSA) is 63.3 Å². The second-order valence-corrected chi connectivity index (χ2v) is 4.63. The minimum atomic E-state index is 0.0810. The minimum Gasteiger partial charge on any atom is -0.398 e. The number of aliphatic hydroxyl groups is 1. The summed E-state index contributed by atoms with van der Waals surface area (Å²) in [7, 11) is 0. The molecule has 0 radical (unpaired) electrons. The Morgan fingerprint density at radius 2 is 2.24 bits per heavy atom. The van der Waals surface area contributed by atoms with Crippen LogP contribution in [0.1, 0.15) is 15.9 Å². The van der Waals surface area contributed by atoms with Crippen molar-refractivity contribution in [3.05, 3.63) is 40.8 Å². The first-order valence-electron chi connectivity index (χ1n) is 5.28. The van der Waals surface area contributed by atoms with Crippen LogP contribution in [0.3, 0.4) is 0 Å². The molecule has 0 aliphatic rings. The van der Waals surface area contributed by atoms with Gasteiger partial charge in [-0.15, -0.1) is 11.3 Å². The zero-order valence-electron chi connectivity index (χ0n) is 9.22. The van der Waals surface area contributed by atoms with Gasteiger partial charge in [0.2, 0.25) is 0 Å². The second kappa shape index (κ2) is 5.12. The molecule has 0 fully saturated rings. The molecule has 3 nitrogen and oxygen atoms in total. The summed E-state index contributed by atoms with van der Waals surface area (Å²) in [6.45, 7) is 0.0810. The van der Waals surface area contributed by atoms with E-state index in [0.717, 1.165) is 22.3 Å². The van der Waals surface area contributed by atoms with Crippen LogP contribution in [0.2, 0.25) is 0 Å². The Morgan fingerprint density at radius 3 is 2.88 bits per heavy atom. The number of nitrogen functional groups attached to an aromatic ring is 1. The van der Waals surface area contributed by atoms with Gasteiger partial charge in [0.1, 0.15) is 0 Å². The van der Waals surface area contributed by atoms with Crippen molar-refractivity contribution in [1.82, 2.24) is 0 Å². The first kappa shape index (κ1) is 11.8. The third kappa shape index (κ3) is 2.38. The predicted octanol–water partition coefficient (Wildman–Crippen LogP) is 2.34. The molecule has 17 heavy (non-hydrogen) atoms. The Bertz CT molecular complexity index is 534. The summed E-state index contributed by atoms with van der Waals surface area (Å²) in [5.41, 5.74) is 9.27. The highest BCUT2D eigenvalue weighted by Gasteiger charge is 2.08. The van der Waals surface area contributed by atoms with Crippen LogP contribution in [0.15, 0.2) is 29.6 Å². The fourth-order valence-corrected chi connectivity index (χ4v) is 2.62. The molecule has 0 spiro atoms. The van der Waals surface area contributed by atoms with E-state index in [-0.39, 0.29) is 6.61 Å². The van der Waals surface area contributed by atoms with Crippen molar-refractivity contribution in [2.24, 2.45) is 0 Å². The van der Waals surface area contributed by atoms with E-state index >= 15 is 0 Å². The normalized spacial score (nSPS) is 10.4. The maximum Gasteiger partial charge on any atom is 0.150 e. The van der Waals surface area contributed by atoms with Crippen molar-refractivity contribution >= 4 is 23.3 Å². The molecule has 1 aromatic carbocycles. The van der Waals surface area contributed by atoms with Crippen LogP contribution in [0, 0.1) is 0 Å². The second-order valence-electron chi connectivity index (χ2n) is 3.71. The molecule has 0 amide bonds. The van der Waals surface area contributed by atoms with E-state index in [1.54, 1.807) is 5.38 Å². The number of aldehydes is 1. The Balaban J connectivity index is 2.44. The highest BCUT2D eigenvalue weighted by atomic mass is 32.1. The van der Waals surface area contributed by atoms with Crippen molar-refractivity contribution in [2.75, 3.05) is 12.3 Å². The molecule has 2 aromatic rings. The Labute approximate surface area is 104 Å². The van der Waals surface area contributed by atoms with Crippen LogP contribution in [0.5, 0.6) is 0 Å². The summed E-state index contributed by atoms with van der Waals surface area (Å²) in [6.07, 6.45) is 1.37. The molecule has 0 saturated carbocycles. The average Bonchev–Trinajstić information content (AvgIpc) is 2.80. The van der Waals surface area contributed by atoms with E-state index < -0.39 is 0 Å². The monoisotopic (exact) mass is 247 g/mol. The summed E-state index contributed by atoms with van der Waals surface area (Å²) in [4.78, 5) is 11.6. The zero-order valence-corrected chi connectivity index (χ0v) is 10.0. The van der Waals surface area contributed by atoms with E-state index in [2.05, 4.69) is 0 Å². The lowest BCUT2D eigenvalue weighted by Gasteiger charge is -2.08. The number of aliphatic hydroxyl groups excluding tert-OH is 1. The van der Waals surface area contributed by atoms with Crippen LogP contribution >= 0.6 is 11.3 Å². The lowest BCUT2D eigenvalue weighted by atomic mass is 10.0. The molecule has 0 bridgehead atoms. The number of para-hydroxylation sites is 1. The van der Waals surface area contributed by atoms with Crippen LogP contribution in [0.25, 0.3) is 10.4 Å². The van der Waals surface area contributed by atoms with Crippen molar-refractivity contribution in [1.29, 1.82) is 0 Å². The molecular formula is C13H13NO2S. The van der Waals surface area contributed by atoms with Gasteiger partial charge in [-0.3, -0.25) is 4.79 Å².